The second-order valence-corrected chi connectivity index (χ2v) is 5.40. The Bertz CT molecular complexity index is 459. The van der Waals surface area contributed by atoms with Crippen molar-refractivity contribution < 1.29 is 18.7 Å². The molecule has 1 aromatic carbocycles. The van der Waals surface area contributed by atoms with Gasteiger partial charge in [-0.15, -0.1) is 0 Å². The third-order valence-corrected chi connectivity index (χ3v) is 3.88. The van der Waals surface area contributed by atoms with E-state index >= 15 is 0 Å². The zero-order valence-electron chi connectivity index (χ0n) is 11.2. The standard InChI is InChI=1S/C15H19F2NO2/c16-12-5-10(6-13(17)7-12)8-18-9-11-3-1-2-4-14(11)15(19)20/h5-7,11,14,18H,1-4,8-9H2,(H,19,20). The summed E-state index contributed by atoms with van der Waals surface area (Å²) in [7, 11) is 0. The summed E-state index contributed by atoms with van der Waals surface area (Å²) < 4.78 is 26.1. The van der Waals surface area contributed by atoms with Gasteiger partial charge in [0.1, 0.15) is 11.6 Å². The van der Waals surface area contributed by atoms with E-state index in [9.17, 15) is 18.7 Å². The summed E-state index contributed by atoms with van der Waals surface area (Å²) in [6.07, 6.45) is 3.62. The molecule has 0 aliphatic heterocycles. The molecule has 5 heteroatoms. The topological polar surface area (TPSA) is 49.3 Å². The first-order chi connectivity index (χ1) is 9.56. The zero-order chi connectivity index (χ0) is 14.5. The summed E-state index contributed by atoms with van der Waals surface area (Å²) in [6, 6.07) is 3.41. The van der Waals surface area contributed by atoms with Gasteiger partial charge in [0, 0.05) is 12.6 Å². The number of nitrogens with one attached hydrogen (secondary N) is 1. The van der Waals surface area contributed by atoms with Crippen molar-refractivity contribution in [3.8, 4) is 0 Å². The molecular formula is C15H19F2NO2. The van der Waals surface area contributed by atoms with Crippen LogP contribution in [0.3, 0.4) is 0 Å². The van der Waals surface area contributed by atoms with E-state index in [-0.39, 0.29) is 11.8 Å². The van der Waals surface area contributed by atoms with Gasteiger partial charge >= 0.3 is 5.97 Å². The van der Waals surface area contributed by atoms with Crippen LogP contribution in [0.5, 0.6) is 0 Å². The maximum Gasteiger partial charge on any atom is 0.306 e. The van der Waals surface area contributed by atoms with E-state index in [0.717, 1.165) is 31.7 Å². The van der Waals surface area contributed by atoms with Crippen LogP contribution < -0.4 is 5.32 Å². The second kappa shape index (κ2) is 6.79. The molecule has 0 heterocycles. The molecule has 1 saturated carbocycles. The highest BCUT2D eigenvalue weighted by Crippen LogP contribution is 2.29. The Labute approximate surface area is 117 Å². The minimum atomic E-state index is -0.742. The van der Waals surface area contributed by atoms with Crippen molar-refractivity contribution in [3.63, 3.8) is 0 Å². The van der Waals surface area contributed by atoms with E-state index in [4.69, 9.17) is 0 Å². The van der Waals surface area contributed by atoms with Crippen molar-refractivity contribution in [2.45, 2.75) is 32.2 Å². The molecule has 2 unspecified atom stereocenters. The van der Waals surface area contributed by atoms with Gasteiger partial charge in [0.2, 0.25) is 0 Å². The van der Waals surface area contributed by atoms with Crippen LogP contribution in [0, 0.1) is 23.5 Å². The number of carboxylic acids is 1. The van der Waals surface area contributed by atoms with Gasteiger partial charge < -0.3 is 10.4 Å². The first kappa shape index (κ1) is 14.9. The molecule has 0 saturated heterocycles. The average molecular weight is 283 g/mol. The van der Waals surface area contributed by atoms with Gasteiger partial charge in [-0.2, -0.15) is 0 Å². The van der Waals surface area contributed by atoms with Crippen LogP contribution in [0.4, 0.5) is 8.78 Å². The monoisotopic (exact) mass is 283 g/mol. The van der Waals surface area contributed by atoms with Crippen LogP contribution in [-0.4, -0.2) is 17.6 Å². The Balaban J connectivity index is 1.86. The van der Waals surface area contributed by atoms with Crippen LogP contribution in [0.15, 0.2) is 18.2 Å². The predicted octanol–water partition coefficient (Wildman–Crippen LogP) is 2.95. The quantitative estimate of drug-likeness (QED) is 0.873. The molecule has 1 fully saturated rings. The number of carbonyl (C=O) groups is 1. The molecule has 0 bridgehead atoms. The fraction of sp³-hybridized carbons (Fsp3) is 0.533. The van der Waals surface area contributed by atoms with E-state index in [1.54, 1.807) is 0 Å². The zero-order valence-corrected chi connectivity index (χ0v) is 11.2. The summed E-state index contributed by atoms with van der Waals surface area (Å²) >= 11 is 0. The van der Waals surface area contributed by atoms with E-state index in [2.05, 4.69) is 5.32 Å². The van der Waals surface area contributed by atoms with Crippen LogP contribution >= 0.6 is 0 Å². The van der Waals surface area contributed by atoms with Crippen molar-refractivity contribution in [2.24, 2.45) is 11.8 Å². The maximum absolute atomic E-state index is 13.0. The molecule has 20 heavy (non-hydrogen) atoms. The summed E-state index contributed by atoms with van der Waals surface area (Å²) in [4.78, 5) is 11.2. The molecule has 1 aliphatic rings. The molecule has 110 valence electrons. The Morgan fingerprint density at radius 3 is 2.50 bits per heavy atom. The van der Waals surface area contributed by atoms with Crippen molar-refractivity contribution in [1.82, 2.24) is 5.32 Å². The van der Waals surface area contributed by atoms with Crippen molar-refractivity contribution in [1.29, 1.82) is 0 Å². The molecular weight excluding hydrogens is 264 g/mol. The van der Waals surface area contributed by atoms with Crippen molar-refractivity contribution in [2.75, 3.05) is 6.54 Å². The third kappa shape index (κ3) is 4.00. The fourth-order valence-corrected chi connectivity index (χ4v) is 2.89. The smallest absolute Gasteiger partial charge is 0.306 e. The highest BCUT2D eigenvalue weighted by molar-refractivity contribution is 5.70. The van der Waals surface area contributed by atoms with Gasteiger partial charge in [-0.25, -0.2) is 8.78 Å². The lowest BCUT2D eigenvalue weighted by atomic mass is 9.79. The molecule has 0 spiro atoms. The van der Waals surface area contributed by atoms with Crippen LogP contribution in [0.1, 0.15) is 31.2 Å². The molecule has 0 aromatic heterocycles. The highest BCUT2D eigenvalue weighted by atomic mass is 19.1. The molecule has 2 N–H and O–H groups in total. The lowest BCUT2D eigenvalue weighted by Crippen LogP contribution is -2.34. The SMILES string of the molecule is O=C(O)C1CCCCC1CNCc1cc(F)cc(F)c1. The molecule has 2 rings (SSSR count). The fourth-order valence-electron chi connectivity index (χ4n) is 2.89. The molecule has 1 aromatic rings. The van der Waals surface area contributed by atoms with Gasteiger partial charge in [-0.3, -0.25) is 4.79 Å². The first-order valence-electron chi connectivity index (χ1n) is 6.95. The maximum atomic E-state index is 13.0. The highest BCUT2D eigenvalue weighted by Gasteiger charge is 2.30. The number of rotatable bonds is 5. The number of carboxylic acid groups (broad SMARTS) is 1. The summed E-state index contributed by atoms with van der Waals surface area (Å²) in [5, 5.41) is 12.3. The molecule has 2 atom stereocenters. The third-order valence-electron chi connectivity index (χ3n) is 3.88. The molecule has 0 amide bonds. The van der Waals surface area contributed by atoms with Gasteiger partial charge in [-0.05, 0) is 43.0 Å². The Hall–Kier alpha value is -1.49. The number of benzene rings is 1. The Morgan fingerprint density at radius 1 is 1.20 bits per heavy atom. The van der Waals surface area contributed by atoms with Gasteiger partial charge in [0.15, 0.2) is 0 Å². The second-order valence-electron chi connectivity index (χ2n) is 5.40. The van der Waals surface area contributed by atoms with Gasteiger partial charge in [0.25, 0.3) is 0 Å². The predicted molar refractivity (Wildman–Crippen MR) is 71.1 cm³/mol. The first-order valence-corrected chi connectivity index (χ1v) is 6.95. The van der Waals surface area contributed by atoms with Crippen molar-refractivity contribution >= 4 is 5.97 Å². The average Bonchev–Trinajstić information content (AvgIpc) is 2.38. The largest absolute Gasteiger partial charge is 0.481 e. The minimum Gasteiger partial charge on any atom is -0.481 e. The van der Waals surface area contributed by atoms with Gasteiger partial charge in [-0.1, -0.05) is 12.8 Å². The van der Waals surface area contributed by atoms with Gasteiger partial charge in [0.05, 0.1) is 5.92 Å². The Morgan fingerprint density at radius 2 is 1.85 bits per heavy atom. The van der Waals surface area contributed by atoms with Crippen LogP contribution in [0.2, 0.25) is 0 Å². The van der Waals surface area contributed by atoms with Crippen LogP contribution in [0.25, 0.3) is 0 Å². The summed E-state index contributed by atoms with van der Waals surface area (Å²) in [6.45, 7) is 0.909. The number of hydrogen-bond donors (Lipinski definition) is 2. The summed E-state index contributed by atoms with van der Waals surface area (Å²) in [5.74, 6) is -2.14. The summed E-state index contributed by atoms with van der Waals surface area (Å²) in [5.41, 5.74) is 0.533. The van der Waals surface area contributed by atoms with E-state index in [0.29, 0.717) is 18.7 Å². The normalized spacial score (nSPS) is 22.7. The molecule has 0 radical (unpaired) electrons. The number of aliphatic carboxylic acids is 1. The lowest BCUT2D eigenvalue weighted by molar-refractivity contribution is -0.144. The van der Waals surface area contributed by atoms with E-state index in [1.807, 2.05) is 0 Å². The lowest BCUT2D eigenvalue weighted by Gasteiger charge is -2.28. The number of hydrogen-bond acceptors (Lipinski definition) is 2. The Kier molecular flexibility index (Phi) is 5.06. The molecule has 3 nitrogen and oxygen atoms in total. The molecule has 1 aliphatic carbocycles. The minimum absolute atomic E-state index is 0.0969. The van der Waals surface area contributed by atoms with Crippen LogP contribution in [-0.2, 0) is 11.3 Å². The van der Waals surface area contributed by atoms with E-state index in [1.165, 1.54) is 12.1 Å². The van der Waals surface area contributed by atoms with Crippen molar-refractivity contribution in [3.05, 3.63) is 35.4 Å². The number of halogens is 2. The van der Waals surface area contributed by atoms with E-state index < -0.39 is 17.6 Å².